The predicted molar refractivity (Wildman–Crippen MR) is 172 cm³/mol. The van der Waals surface area contributed by atoms with Crippen LogP contribution < -0.4 is 9.64 Å². The molecule has 10 nitrogen and oxygen atoms in total. The lowest BCUT2D eigenvalue weighted by molar-refractivity contribution is -0.122. The fraction of sp³-hybridized carbons (Fsp3) is 0.457. The zero-order valence-corrected chi connectivity index (χ0v) is 26.6. The topological polar surface area (TPSA) is 98.7 Å². The number of hydrogen-bond acceptors (Lipinski definition) is 7. The number of morpholine rings is 1. The van der Waals surface area contributed by atoms with Crippen LogP contribution in [0, 0.1) is 12.7 Å². The van der Waals surface area contributed by atoms with Gasteiger partial charge in [0, 0.05) is 50.5 Å². The molecule has 244 valence electrons. The van der Waals surface area contributed by atoms with Gasteiger partial charge in [0.1, 0.15) is 18.1 Å². The van der Waals surface area contributed by atoms with E-state index in [1.807, 2.05) is 49.1 Å². The Kier molecular flexibility index (Phi) is 9.53. The summed E-state index contributed by atoms with van der Waals surface area (Å²) in [5.74, 6) is -0.00695. The van der Waals surface area contributed by atoms with E-state index >= 15 is 0 Å². The van der Waals surface area contributed by atoms with Crippen molar-refractivity contribution in [2.24, 2.45) is 0 Å². The number of carboxylic acid groups (broad SMARTS) is 1. The molecule has 2 amide bonds. The molecule has 11 heteroatoms. The van der Waals surface area contributed by atoms with E-state index in [9.17, 15) is 19.1 Å². The van der Waals surface area contributed by atoms with Crippen LogP contribution in [0.1, 0.15) is 42.1 Å². The lowest BCUT2D eigenvalue weighted by Gasteiger charge is -2.47. The number of fused-ring (bicyclic) bond motifs is 1. The van der Waals surface area contributed by atoms with Crippen LogP contribution >= 0.6 is 0 Å². The van der Waals surface area contributed by atoms with Gasteiger partial charge in [-0.3, -0.25) is 19.5 Å². The van der Waals surface area contributed by atoms with Gasteiger partial charge < -0.3 is 19.5 Å². The molecule has 3 aliphatic rings. The molecule has 2 saturated heterocycles. The molecule has 3 aromatic rings. The molecule has 0 radical (unpaired) electrons. The summed E-state index contributed by atoms with van der Waals surface area (Å²) < 4.78 is 25.3. The summed E-state index contributed by atoms with van der Waals surface area (Å²) in [6.07, 6.45) is 1.31. The molecule has 6 rings (SSSR count). The van der Waals surface area contributed by atoms with E-state index in [4.69, 9.17) is 9.47 Å². The van der Waals surface area contributed by atoms with Crippen LogP contribution in [0.25, 0.3) is 0 Å². The summed E-state index contributed by atoms with van der Waals surface area (Å²) in [5.41, 5.74) is 4.47. The highest BCUT2D eigenvalue weighted by Crippen LogP contribution is 2.39. The quantitative estimate of drug-likeness (QED) is 0.411. The Hall–Kier alpha value is -4.06. The number of benzene rings is 2. The van der Waals surface area contributed by atoms with Crippen molar-refractivity contribution in [2.75, 3.05) is 57.4 Å². The van der Waals surface area contributed by atoms with Crippen molar-refractivity contribution in [3.05, 3.63) is 88.9 Å². The van der Waals surface area contributed by atoms with Crippen molar-refractivity contribution >= 4 is 17.7 Å². The molecule has 1 N–H and O–H groups in total. The number of carbonyl (C=O) groups excluding carboxylic acids is 1. The molecule has 0 bridgehead atoms. The standard InChI is InChI=1S/C35H42FN5O5/c1-23-4-8-28(9-5-23)32-22-46-34-31(15-27(16-37-34)14-26-6-10-29(36)11-7-26)41(32)33(42)20-39-17-24(2)40(35(43)44)19-30(39)18-38-12-13-45-21-25(38)3/h4-11,15-16,24-25,30,32H,12-14,17-22H2,1-3H3,(H,43,44)/t24-,25?,30+,32?/m1/s1. The van der Waals surface area contributed by atoms with Gasteiger partial charge in [0.2, 0.25) is 11.8 Å². The second-order valence-corrected chi connectivity index (χ2v) is 12.8. The highest BCUT2D eigenvalue weighted by molar-refractivity contribution is 5.97. The Morgan fingerprint density at radius 2 is 1.74 bits per heavy atom. The molecular formula is C35H42FN5O5. The van der Waals surface area contributed by atoms with Crippen LogP contribution in [0.4, 0.5) is 14.9 Å². The molecule has 3 aliphatic heterocycles. The number of nitrogens with zero attached hydrogens (tertiary/aromatic N) is 5. The van der Waals surface area contributed by atoms with Crippen LogP contribution in [-0.2, 0) is 16.0 Å². The summed E-state index contributed by atoms with van der Waals surface area (Å²) in [4.78, 5) is 39.1. The van der Waals surface area contributed by atoms with Crippen LogP contribution in [-0.4, -0.2) is 107 Å². The number of hydrogen-bond donors (Lipinski definition) is 1. The van der Waals surface area contributed by atoms with Gasteiger partial charge in [-0.2, -0.15) is 0 Å². The number of piperazine rings is 1. The van der Waals surface area contributed by atoms with Crippen molar-refractivity contribution in [3.63, 3.8) is 0 Å². The minimum Gasteiger partial charge on any atom is -0.474 e. The fourth-order valence-electron chi connectivity index (χ4n) is 6.74. The number of halogens is 1. The van der Waals surface area contributed by atoms with Gasteiger partial charge >= 0.3 is 6.09 Å². The number of pyridine rings is 1. The second-order valence-electron chi connectivity index (χ2n) is 12.8. The largest absolute Gasteiger partial charge is 0.474 e. The Morgan fingerprint density at radius 3 is 2.46 bits per heavy atom. The third kappa shape index (κ3) is 7.01. The van der Waals surface area contributed by atoms with Crippen LogP contribution in [0.5, 0.6) is 5.88 Å². The first-order chi connectivity index (χ1) is 22.2. The summed E-state index contributed by atoms with van der Waals surface area (Å²) >= 11 is 0. The first kappa shape index (κ1) is 31.9. The van der Waals surface area contributed by atoms with Crippen molar-refractivity contribution in [1.82, 2.24) is 19.7 Å². The molecule has 2 unspecified atom stereocenters. The molecule has 4 atom stereocenters. The monoisotopic (exact) mass is 631 g/mol. The van der Waals surface area contributed by atoms with Gasteiger partial charge in [0.15, 0.2) is 0 Å². The molecule has 2 aromatic carbocycles. The zero-order valence-electron chi connectivity index (χ0n) is 26.6. The van der Waals surface area contributed by atoms with Gasteiger partial charge in [0.05, 0.1) is 25.8 Å². The Bertz CT molecular complexity index is 1540. The third-order valence-electron chi connectivity index (χ3n) is 9.38. The number of aromatic nitrogens is 1. The van der Waals surface area contributed by atoms with E-state index in [0.717, 1.165) is 28.8 Å². The predicted octanol–water partition coefficient (Wildman–Crippen LogP) is 4.36. The van der Waals surface area contributed by atoms with Crippen molar-refractivity contribution in [2.45, 2.75) is 51.4 Å². The number of amides is 2. The number of carbonyl (C=O) groups is 2. The smallest absolute Gasteiger partial charge is 0.407 e. The summed E-state index contributed by atoms with van der Waals surface area (Å²) in [6.45, 7) is 9.82. The summed E-state index contributed by atoms with van der Waals surface area (Å²) in [7, 11) is 0. The number of rotatable bonds is 7. The second kappa shape index (κ2) is 13.7. The molecule has 46 heavy (non-hydrogen) atoms. The Balaban J connectivity index is 1.31. The number of anilines is 1. The SMILES string of the molecule is Cc1ccc(C2COc3ncc(Cc4ccc(F)cc4)cc3N2C(=O)CN2C[C@@H](C)N(C(=O)O)C[C@@H]2CN2CCOCC2C)cc1. The van der Waals surface area contributed by atoms with E-state index in [0.29, 0.717) is 50.8 Å². The molecule has 0 spiro atoms. The maximum absolute atomic E-state index is 14.6. The van der Waals surface area contributed by atoms with Gasteiger partial charge in [-0.25, -0.2) is 14.2 Å². The van der Waals surface area contributed by atoms with Gasteiger partial charge in [-0.05, 0) is 62.1 Å². The molecule has 4 heterocycles. The van der Waals surface area contributed by atoms with Crippen LogP contribution in [0.15, 0.2) is 60.8 Å². The zero-order chi connectivity index (χ0) is 32.4. The Morgan fingerprint density at radius 1 is 0.978 bits per heavy atom. The van der Waals surface area contributed by atoms with Gasteiger partial charge in [-0.15, -0.1) is 0 Å². The molecule has 1 aromatic heterocycles. The lowest BCUT2D eigenvalue weighted by Crippen LogP contribution is -2.64. The van der Waals surface area contributed by atoms with Crippen LogP contribution in [0.3, 0.4) is 0 Å². The maximum Gasteiger partial charge on any atom is 0.407 e. The van der Waals surface area contributed by atoms with E-state index in [-0.39, 0.29) is 49.0 Å². The Labute approximate surface area is 269 Å². The van der Waals surface area contributed by atoms with Crippen molar-refractivity contribution in [3.8, 4) is 5.88 Å². The van der Waals surface area contributed by atoms with Gasteiger partial charge in [-0.1, -0.05) is 42.0 Å². The number of aryl methyl sites for hydroxylation is 1. The van der Waals surface area contributed by atoms with Gasteiger partial charge in [0.25, 0.3) is 0 Å². The lowest BCUT2D eigenvalue weighted by atomic mass is 10.0. The van der Waals surface area contributed by atoms with Crippen LogP contribution in [0.2, 0.25) is 0 Å². The van der Waals surface area contributed by atoms with Crippen molar-refractivity contribution < 1.29 is 28.6 Å². The molecule has 2 fully saturated rings. The van der Waals surface area contributed by atoms with E-state index in [1.165, 1.54) is 17.0 Å². The minimum absolute atomic E-state index is 0.105. The molecular weight excluding hydrogens is 589 g/mol. The van der Waals surface area contributed by atoms with E-state index in [2.05, 4.69) is 21.7 Å². The van der Waals surface area contributed by atoms with Crippen molar-refractivity contribution in [1.29, 1.82) is 0 Å². The first-order valence-electron chi connectivity index (χ1n) is 16.0. The minimum atomic E-state index is -0.945. The number of ether oxygens (including phenoxy) is 2. The average Bonchev–Trinajstić information content (AvgIpc) is 3.04. The highest BCUT2D eigenvalue weighted by Gasteiger charge is 2.40. The van der Waals surface area contributed by atoms with E-state index in [1.54, 1.807) is 18.3 Å². The first-order valence-corrected chi connectivity index (χ1v) is 16.0. The normalized spacial score (nSPS) is 23.9. The maximum atomic E-state index is 14.6. The summed E-state index contributed by atoms with van der Waals surface area (Å²) in [6, 6.07) is 15.8. The highest BCUT2D eigenvalue weighted by atomic mass is 19.1. The summed E-state index contributed by atoms with van der Waals surface area (Å²) in [5, 5.41) is 9.95. The molecule has 0 aliphatic carbocycles. The van der Waals surface area contributed by atoms with E-state index < -0.39 is 6.09 Å². The molecule has 0 saturated carbocycles. The fourth-order valence-corrected chi connectivity index (χ4v) is 6.74. The average molecular weight is 632 g/mol. The third-order valence-corrected chi connectivity index (χ3v) is 9.38.